The number of hydrogen-bond donors (Lipinski definition) is 1. The maximum absolute atomic E-state index is 6.25. The fourth-order valence-corrected chi connectivity index (χ4v) is 2.41. The molecular weight excluding hydrogens is 186 g/mol. The normalized spacial score (nSPS) is 20.9. The van der Waals surface area contributed by atoms with Crippen LogP contribution in [0.5, 0.6) is 0 Å². The molecule has 2 rings (SSSR count). The fourth-order valence-electron chi connectivity index (χ4n) is 2.41. The van der Waals surface area contributed by atoms with Crippen LogP contribution in [0.4, 0.5) is 0 Å². The third-order valence-corrected chi connectivity index (χ3v) is 3.35. The van der Waals surface area contributed by atoms with Gasteiger partial charge in [0.15, 0.2) is 0 Å². The molecular formula is C12H19N3. The lowest BCUT2D eigenvalue weighted by Gasteiger charge is -2.21. The summed E-state index contributed by atoms with van der Waals surface area (Å²) in [6, 6.07) is 2.04. The Morgan fingerprint density at radius 2 is 1.93 bits per heavy atom. The van der Waals surface area contributed by atoms with Crippen molar-refractivity contribution >= 4 is 0 Å². The van der Waals surface area contributed by atoms with Gasteiger partial charge in [-0.25, -0.2) is 9.97 Å². The molecule has 0 aliphatic heterocycles. The quantitative estimate of drug-likeness (QED) is 0.754. The number of hydrogen-bond acceptors (Lipinski definition) is 3. The van der Waals surface area contributed by atoms with Gasteiger partial charge in [0.25, 0.3) is 0 Å². The van der Waals surface area contributed by atoms with Crippen molar-refractivity contribution in [2.45, 2.75) is 44.6 Å². The number of nitrogens with zero attached hydrogens (tertiary/aromatic N) is 2. The average Bonchev–Trinajstić information content (AvgIpc) is 2.58. The lowest BCUT2D eigenvalue weighted by molar-refractivity contribution is 0.376. The minimum atomic E-state index is 0.103. The number of nitrogens with two attached hydrogens (primary N) is 1. The summed E-state index contributed by atoms with van der Waals surface area (Å²) in [6.07, 6.45) is 11.3. The van der Waals surface area contributed by atoms with Crippen LogP contribution in [0, 0.1) is 5.92 Å². The Kier molecular flexibility index (Phi) is 3.67. The van der Waals surface area contributed by atoms with Crippen LogP contribution >= 0.6 is 0 Å². The Balaban J connectivity index is 2.03. The first-order valence-electron chi connectivity index (χ1n) is 5.89. The van der Waals surface area contributed by atoms with Gasteiger partial charge >= 0.3 is 0 Å². The van der Waals surface area contributed by atoms with Crippen molar-refractivity contribution in [2.75, 3.05) is 0 Å². The predicted octanol–water partition coefficient (Wildman–Crippen LogP) is 2.45. The highest BCUT2D eigenvalue weighted by Gasteiger charge is 2.21. The van der Waals surface area contributed by atoms with E-state index < -0.39 is 0 Å². The number of aromatic nitrogens is 2. The molecule has 1 atom stereocenters. The van der Waals surface area contributed by atoms with Gasteiger partial charge in [-0.05, 0) is 24.8 Å². The van der Waals surface area contributed by atoms with Gasteiger partial charge in [-0.3, -0.25) is 0 Å². The van der Waals surface area contributed by atoms with E-state index in [-0.39, 0.29) is 6.04 Å². The molecule has 0 radical (unpaired) electrons. The molecule has 3 heteroatoms. The summed E-state index contributed by atoms with van der Waals surface area (Å²) in [6.45, 7) is 0. The van der Waals surface area contributed by atoms with Gasteiger partial charge in [-0.1, -0.05) is 25.7 Å². The first kappa shape index (κ1) is 10.6. The molecule has 1 unspecified atom stereocenters. The highest BCUT2D eigenvalue weighted by molar-refractivity contribution is 5.05. The maximum atomic E-state index is 6.25. The Bertz CT molecular complexity index is 278. The Hall–Kier alpha value is -0.960. The minimum Gasteiger partial charge on any atom is -0.322 e. The Labute approximate surface area is 91.1 Å². The molecule has 1 heterocycles. The largest absolute Gasteiger partial charge is 0.322 e. The van der Waals surface area contributed by atoms with Crippen LogP contribution in [0.3, 0.4) is 0 Å². The minimum absolute atomic E-state index is 0.103. The highest BCUT2D eigenvalue weighted by atomic mass is 14.9. The molecule has 0 spiro atoms. The molecule has 1 saturated carbocycles. The van der Waals surface area contributed by atoms with Gasteiger partial charge in [0.1, 0.15) is 6.33 Å². The van der Waals surface area contributed by atoms with Crippen molar-refractivity contribution in [1.29, 1.82) is 0 Å². The van der Waals surface area contributed by atoms with E-state index in [4.69, 9.17) is 5.73 Å². The van der Waals surface area contributed by atoms with Crippen LogP contribution in [0.2, 0.25) is 0 Å². The van der Waals surface area contributed by atoms with Crippen LogP contribution in [-0.2, 0) is 0 Å². The summed E-state index contributed by atoms with van der Waals surface area (Å²) in [7, 11) is 0. The molecule has 0 amide bonds. The first-order chi connectivity index (χ1) is 7.38. The summed E-state index contributed by atoms with van der Waals surface area (Å²) in [5.74, 6) is 0.613. The van der Waals surface area contributed by atoms with Crippen LogP contribution in [0.15, 0.2) is 18.6 Å². The lowest BCUT2D eigenvalue weighted by Crippen LogP contribution is -2.22. The van der Waals surface area contributed by atoms with Crippen molar-refractivity contribution in [2.24, 2.45) is 11.7 Å². The topological polar surface area (TPSA) is 51.8 Å². The molecule has 0 saturated heterocycles. The summed E-state index contributed by atoms with van der Waals surface area (Å²) in [4.78, 5) is 8.17. The van der Waals surface area contributed by atoms with Crippen molar-refractivity contribution in [1.82, 2.24) is 9.97 Å². The van der Waals surface area contributed by atoms with Crippen molar-refractivity contribution in [3.63, 3.8) is 0 Å². The molecule has 1 aromatic heterocycles. The second kappa shape index (κ2) is 5.21. The van der Waals surface area contributed by atoms with E-state index >= 15 is 0 Å². The molecule has 1 fully saturated rings. The molecule has 1 aliphatic rings. The van der Waals surface area contributed by atoms with Gasteiger partial charge in [0.05, 0.1) is 5.69 Å². The fraction of sp³-hybridized carbons (Fsp3) is 0.667. The van der Waals surface area contributed by atoms with Crippen molar-refractivity contribution < 1.29 is 0 Å². The third kappa shape index (κ3) is 2.75. The van der Waals surface area contributed by atoms with E-state index in [9.17, 15) is 0 Å². The third-order valence-electron chi connectivity index (χ3n) is 3.35. The van der Waals surface area contributed by atoms with Gasteiger partial charge in [-0.2, -0.15) is 0 Å². The Morgan fingerprint density at radius 1 is 1.20 bits per heavy atom. The summed E-state index contributed by atoms with van der Waals surface area (Å²) >= 11 is 0. The standard InChI is InChI=1S/C12H19N3/c13-12(11-7-8-14-9-15-11)10-5-3-1-2-4-6-10/h7-10,12H,1-6,13H2. The zero-order valence-corrected chi connectivity index (χ0v) is 9.10. The summed E-state index contributed by atoms with van der Waals surface area (Å²) < 4.78 is 0. The first-order valence-corrected chi connectivity index (χ1v) is 5.89. The Morgan fingerprint density at radius 3 is 2.53 bits per heavy atom. The smallest absolute Gasteiger partial charge is 0.115 e. The van der Waals surface area contributed by atoms with E-state index in [1.165, 1.54) is 38.5 Å². The van der Waals surface area contributed by atoms with Crippen LogP contribution in [-0.4, -0.2) is 9.97 Å². The van der Waals surface area contributed by atoms with Crippen LogP contribution in [0.1, 0.15) is 50.3 Å². The van der Waals surface area contributed by atoms with Gasteiger partial charge in [-0.15, -0.1) is 0 Å². The van der Waals surface area contributed by atoms with Crippen molar-refractivity contribution in [3.8, 4) is 0 Å². The predicted molar refractivity (Wildman–Crippen MR) is 60.2 cm³/mol. The molecule has 82 valence electrons. The zero-order chi connectivity index (χ0) is 10.5. The van der Waals surface area contributed by atoms with Gasteiger partial charge in [0, 0.05) is 12.2 Å². The summed E-state index contributed by atoms with van der Waals surface area (Å²) in [5, 5.41) is 0. The van der Waals surface area contributed by atoms with Crippen LogP contribution in [0.25, 0.3) is 0 Å². The average molecular weight is 205 g/mol. The van der Waals surface area contributed by atoms with E-state index in [0.29, 0.717) is 5.92 Å². The van der Waals surface area contributed by atoms with Gasteiger partial charge in [0.2, 0.25) is 0 Å². The molecule has 3 nitrogen and oxygen atoms in total. The van der Waals surface area contributed by atoms with E-state index in [1.807, 2.05) is 6.07 Å². The van der Waals surface area contributed by atoms with Crippen LogP contribution < -0.4 is 5.73 Å². The molecule has 1 aromatic rings. The maximum Gasteiger partial charge on any atom is 0.115 e. The monoisotopic (exact) mass is 205 g/mol. The lowest BCUT2D eigenvalue weighted by atomic mass is 9.90. The molecule has 1 aliphatic carbocycles. The number of rotatable bonds is 2. The second-order valence-electron chi connectivity index (χ2n) is 4.41. The molecule has 15 heavy (non-hydrogen) atoms. The van der Waals surface area contributed by atoms with Crippen molar-refractivity contribution in [3.05, 3.63) is 24.3 Å². The van der Waals surface area contributed by atoms with E-state index in [2.05, 4.69) is 9.97 Å². The van der Waals surface area contributed by atoms with E-state index in [0.717, 1.165) is 5.69 Å². The zero-order valence-electron chi connectivity index (χ0n) is 9.10. The summed E-state index contributed by atoms with van der Waals surface area (Å²) in [5.41, 5.74) is 7.25. The SMILES string of the molecule is NC(c1ccncn1)C1CCCCCC1. The molecule has 2 N–H and O–H groups in total. The highest BCUT2D eigenvalue weighted by Crippen LogP contribution is 2.30. The second-order valence-corrected chi connectivity index (χ2v) is 4.41. The molecule has 0 aromatic carbocycles. The van der Waals surface area contributed by atoms with E-state index in [1.54, 1.807) is 12.5 Å². The van der Waals surface area contributed by atoms with Gasteiger partial charge < -0.3 is 5.73 Å². The molecule has 0 bridgehead atoms.